The van der Waals surface area contributed by atoms with Gasteiger partial charge < -0.3 is 10.1 Å². The van der Waals surface area contributed by atoms with Crippen molar-refractivity contribution in [2.75, 3.05) is 20.2 Å². The van der Waals surface area contributed by atoms with Crippen LogP contribution in [0.15, 0.2) is 67.0 Å². The first kappa shape index (κ1) is 22.9. The van der Waals surface area contributed by atoms with Gasteiger partial charge in [-0.1, -0.05) is 12.1 Å². The molecule has 0 atom stereocenters. The van der Waals surface area contributed by atoms with Crippen LogP contribution in [0.2, 0.25) is 0 Å². The maximum Gasteiger partial charge on any atom is 0.253 e. The number of nitrogens with one attached hydrogen (secondary N) is 1. The van der Waals surface area contributed by atoms with E-state index < -0.39 is 0 Å². The second kappa shape index (κ2) is 10.1. The Bertz CT molecular complexity index is 1340. The van der Waals surface area contributed by atoms with Gasteiger partial charge in [0.25, 0.3) is 5.91 Å². The topological polar surface area (TPSA) is 80.2 Å². The van der Waals surface area contributed by atoms with Crippen LogP contribution in [0.4, 0.5) is 4.39 Å². The summed E-state index contributed by atoms with van der Waals surface area (Å²) in [6.45, 7) is 2.51. The third kappa shape index (κ3) is 5.27. The lowest BCUT2D eigenvalue weighted by Gasteiger charge is -2.32. The summed E-state index contributed by atoms with van der Waals surface area (Å²) < 4.78 is 18.7. The molecule has 1 amide bonds. The molecule has 7 nitrogen and oxygen atoms in total. The largest absolute Gasteiger partial charge is 0.481 e. The number of nitrogens with zero attached hydrogens (tertiary/aromatic N) is 4. The Balaban J connectivity index is 1.17. The summed E-state index contributed by atoms with van der Waals surface area (Å²) in [6, 6.07) is 15.6. The molecule has 1 fully saturated rings. The highest BCUT2D eigenvalue weighted by molar-refractivity contribution is 5.94. The van der Waals surface area contributed by atoms with Gasteiger partial charge in [-0.05, 0) is 54.8 Å². The number of piperidine rings is 1. The fourth-order valence-electron chi connectivity index (χ4n) is 4.39. The summed E-state index contributed by atoms with van der Waals surface area (Å²) in [7, 11) is 1.61. The molecule has 3 aromatic heterocycles. The molecule has 4 heterocycles. The highest BCUT2D eigenvalue weighted by Gasteiger charge is 2.22. The van der Waals surface area contributed by atoms with Crippen molar-refractivity contribution in [3.8, 4) is 17.1 Å². The molecule has 5 rings (SSSR count). The van der Waals surface area contributed by atoms with E-state index in [0.29, 0.717) is 22.7 Å². The molecule has 0 unspecified atom stereocenters. The maximum atomic E-state index is 13.5. The van der Waals surface area contributed by atoms with E-state index in [2.05, 4.69) is 25.2 Å². The third-order valence-corrected chi connectivity index (χ3v) is 6.31. The van der Waals surface area contributed by atoms with Crippen molar-refractivity contribution < 1.29 is 13.9 Å². The first-order chi connectivity index (χ1) is 17.1. The van der Waals surface area contributed by atoms with Crippen molar-refractivity contribution in [1.29, 1.82) is 0 Å². The van der Waals surface area contributed by atoms with Crippen LogP contribution < -0.4 is 10.1 Å². The minimum absolute atomic E-state index is 0.106. The van der Waals surface area contributed by atoms with Crippen LogP contribution >= 0.6 is 0 Å². The number of benzene rings is 1. The number of fused-ring (bicyclic) bond motifs is 1. The van der Waals surface area contributed by atoms with Crippen LogP contribution in [0, 0.1) is 5.82 Å². The van der Waals surface area contributed by atoms with Crippen molar-refractivity contribution >= 4 is 16.9 Å². The zero-order valence-corrected chi connectivity index (χ0v) is 19.4. The summed E-state index contributed by atoms with van der Waals surface area (Å²) >= 11 is 0. The van der Waals surface area contributed by atoms with Crippen molar-refractivity contribution in [3.63, 3.8) is 0 Å². The van der Waals surface area contributed by atoms with Gasteiger partial charge in [-0.25, -0.2) is 9.37 Å². The van der Waals surface area contributed by atoms with Gasteiger partial charge in [-0.2, -0.15) is 0 Å². The highest BCUT2D eigenvalue weighted by atomic mass is 19.1. The molecule has 8 heteroatoms. The molecule has 0 saturated carbocycles. The Labute approximate surface area is 203 Å². The van der Waals surface area contributed by atoms with E-state index >= 15 is 0 Å². The maximum absolute atomic E-state index is 13.5. The number of carbonyl (C=O) groups excluding carboxylic acids is 1. The average molecular weight is 472 g/mol. The Morgan fingerprint density at radius 2 is 1.97 bits per heavy atom. The number of rotatable bonds is 6. The lowest BCUT2D eigenvalue weighted by molar-refractivity contribution is 0.0908. The van der Waals surface area contributed by atoms with E-state index in [-0.39, 0.29) is 17.8 Å². The molecular formula is C27H26FN5O2. The Morgan fingerprint density at radius 3 is 2.71 bits per heavy atom. The fourth-order valence-corrected chi connectivity index (χ4v) is 4.39. The number of hydrogen-bond acceptors (Lipinski definition) is 6. The van der Waals surface area contributed by atoms with Crippen LogP contribution in [0.3, 0.4) is 0 Å². The standard InChI is InChI=1S/C27H26FN5O2/c1-35-25-8-7-24-26(32-25)20(9-12-29-24)17-33-13-10-22(11-14-33)31-27(34)19-5-6-23(30-16-19)18-3-2-4-21(28)15-18/h2-9,12,15-16,22H,10-11,13-14,17H2,1H3,(H,31,34). The first-order valence-corrected chi connectivity index (χ1v) is 11.6. The molecule has 178 valence electrons. The Morgan fingerprint density at radius 1 is 1.11 bits per heavy atom. The normalized spacial score (nSPS) is 14.7. The lowest BCUT2D eigenvalue weighted by atomic mass is 10.0. The van der Waals surface area contributed by atoms with Gasteiger partial charge in [0.05, 0.1) is 29.4 Å². The third-order valence-electron chi connectivity index (χ3n) is 6.31. The molecule has 1 aromatic carbocycles. The molecule has 0 spiro atoms. The smallest absolute Gasteiger partial charge is 0.253 e. The SMILES string of the molecule is COc1ccc2nccc(CN3CCC(NC(=O)c4ccc(-c5cccc(F)c5)nc4)CC3)c2n1. The second-order valence-electron chi connectivity index (χ2n) is 8.66. The molecule has 1 saturated heterocycles. The number of aromatic nitrogens is 3. The summed E-state index contributed by atoms with van der Waals surface area (Å²) in [6.07, 6.45) is 5.08. The van der Waals surface area contributed by atoms with Crippen LogP contribution in [-0.2, 0) is 6.54 Å². The summed E-state index contributed by atoms with van der Waals surface area (Å²) in [5, 5.41) is 3.13. The molecule has 1 aliphatic rings. The van der Waals surface area contributed by atoms with E-state index in [1.54, 1.807) is 37.6 Å². The van der Waals surface area contributed by atoms with Gasteiger partial charge in [-0.3, -0.25) is 19.7 Å². The molecule has 35 heavy (non-hydrogen) atoms. The molecule has 1 aliphatic heterocycles. The van der Waals surface area contributed by atoms with Crippen molar-refractivity contribution in [1.82, 2.24) is 25.2 Å². The monoisotopic (exact) mass is 471 g/mol. The Hall–Kier alpha value is -3.91. The van der Waals surface area contributed by atoms with E-state index in [4.69, 9.17) is 4.74 Å². The number of methoxy groups -OCH3 is 1. The van der Waals surface area contributed by atoms with E-state index in [1.165, 1.54) is 12.1 Å². The van der Waals surface area contributed by atoms with E-state index in [1.807, 2.05) is 24.4 Å². The fraction of sp³-hybridized carbons (Fsp3) is 0.259. The quantitative estimate of drug-likeness (QED) is 0.453. The number of pyridine rings is 3. The highest BCUT2D eigenvalue weighted by Crippen LogP contribution is 2.22. The number of hydrogen-bond donors (Lipinski definition) is 1. The van der Waals surface area contributed by atoms with Gasteiger partial charge in [0.1, 0.15) is 5.82 Å². The van der Waals surface area contributed by atoms with Gasteiger partial charge in [0.2, 0.25) is 5.88 Å². The molecule has 1 N–H and O–H groups in total. The van der Waals surface area contributed by atoms with Crippen molar-refractivity contribution in [2.45, 2.75) is 25.4 Å². The van der Waals surface area contributed by atoms with Gasteiger partial charge in [0, 0.05) is 49.7 Å². The minimum atomic E-state index is -0.314. The average Bonchev–Trinajstić information content (AvgIpc) is 2.90. The minimum Gasteiger partial charge on any atom is -0.481 e. The summed E-state index contributed by atoms with van der Waals surface area (Å²) in [5.74, 6) is 0.121. The van der Waals surface area contributed by atoms with Gasteiger partial charge in [-0.15, -0.1) is 0 Å². The van der Waals surface area contributed by atoms with Gasteiger partial charge in [0.15, 0.2) is 0 Å². The molecule has 0 bridgehead atoms. The molecule has 0 aliphatic carbocycles. The number of carbonyl (C=O) groups is 1. The second-order valence-corrected chi connectivity index (χ2v) is 8.66. The summed E-state index contributed by atoms with van der Waals surface area (Å²) in [4.78, 5) is 28.4. The van der Waals surface area contributed by atoms with Crippen LogP contribution in [0.25, 0.3) is 22.3 Å². The molecular weight excluding hydrogens is 445 g/mol. The van der Waals surface area contributed by atoms with Crippen molar-refractivity contribution in [3.05, 3.63) is 83.9 Å². The zero-order chi connectivity index (χ0) is 24.2. The van der Waals surface area contributed by atoms with Crippen LogP contribution in [0.5, 0.6) is 5.88 Å². The van der Waals surface area contributed by atoms with Crippen molar-refractivity contribution in [2.24, 2.45) is 0 Å². The summed E-state index contributed by atoms with van der Waals surface area (Å²) in [5.41, 5.74) is 4.63. The predicted molar refractivity (Wildman–Crippen MR) is 131 cm³/mol. The number of amides is 1. The van der Waals surface area contributed by atoms with E-state index in [9.17, 15) is 9.18 Å². The Kier molecular flexibility index (Phi) is 6.63. The van der Waals surface area contributed by atoms with E-state index in [0.717, 1.165) is 49.1 Å². The van der Waals surface area contributed by atoms with Crippen LogP contribution in [0.1, 0.15) is 28.8 Å². The zero-order valence-electron chi connectivity index (χ0n) is 19.4. The number of halogens is 1. The number of ether oxygens (including phenoxy) is 1. The first-order valence-electron chi connectivity index (χ1n) is 11.6. The molecule has 0 radical (unpaired) electrons. The predicted octanol–water partition coefficient (Wildman–Crippen LogP) is 4.23. The van der Waals surface area contributed by atoms with Crippen LogP contribution in [-0.4, -0.2) is 52.0 Å². The lowest BCUT2D eigenvalue weighted by Crippen LogP contribution is -2.44. The van der Waals surface area contributed by atoms with Gasteiger partial charge >= 0.3 is 0 Å². The number of likely N-dealkylation sites (tertiary alicyclic amines) is 1. The molecule has 4 aromatic rings.